The maximum absolute atomic E-state index is 12.1. The summed E-state index contributed by atoms with van der Waals surface area (Å²) < 4.78 is 10.2. The summed E-state index contributed by atoms with van der Waals surface area (Å²) in [4.78, 5) is 25.3. The molecule has 0 aliphatic carbocycles. The van der Waals surface area contributed by atoms with Gasteiger partial charge in [-0.05, 0) is 19.1 Å². The summed E-state index contributed by atoms with van der Waals surface area (Å²) in [5, 5.41) is 0. The molecular formula is C12H13NO4. The Labute approximate surface area is 98.9 Å². The number of benzene rings is 1. The standard InChI is InChI=1S/C12H13NO4/c1-4-13-11(14)9-7(16-2)5-6-8(17-3)10(9)12(13)15/h5-6H,4H2,1-3H3. The van der Waals surface area contributed by atoms with Crippen molar-refractivity contribution in [2.75, 3.05) is 20.8 Å². The van der Waals surface area contributed by atoms with Crippen LogP contribution in [0.1, 0.15) is 27.6 Å². The van der Waals surface area contributed by atoms with Crippen LogP contribution in [-0.2, 0) is 0 Å². The molecule has 0 radical (unpaired) electrons. The largest absolute Gasteiger partial charge is 0.496 e. The molecule has 0 bridgehead atoms. The van der Waals surface area contributed by atoms with E-state index in [9.17, 15) is 9.59 Å². The zero-order chi connectivity index (χ0) is 12.6. The van der Waals surface area contributed by atoms with Gasteiger partial charge in [0, 0.05) is 6.54 Å². The molecule has 0 saturated heterocycles. The lowest BCUT2D eigenvalue weighted by molar-refractivity contribution is 0.0661. The van der Waals surface area contributed by atoms with E-state index in [0.717, 1.165) is 0 Å². The van der Waals surface area contributed by atoms with Crippen molar-refractivity contribution >= 4 is 11.8 Å². The smallest absolute Gasteiger partial charge is 0.265 e. The van der Waals surface area contributed by atoms with Gasteiger partial charge in [0.1, 0.15) is 11.5 Å². The number of amides is 2. The number of nitrogens with zero attached hydrogens (tertiary/aromatic N) is 1. The minimum Gasteiger partial charge on any atom is -0.496 e. The summed E-state index contributed by atoms with van der Waals surface area (Å²) in [6.45, 7) is 2.08. The Morgan fingerprint density at radius 1 is 1.00 bits per heavy atom. The van der Waals surface area contributed by atoms with Crippen LogP contribution in [0.2, 0.25) is 0 Å². The van der Waals surface area contributed by atoms with Gasteiger partial charge in [-0.2, -0.15) is 0 Å². The molecule has 1 heterocycles. The zero-order valence-electron chi connectivity index (χ0n) is 9.94. The van der Waals surface area contributed by atoms with Crippen LogP contribution in [0.4, 0.5) is 0 Å². The van der Waals surface area contributed by atoms with Crippen LogP contribution in [-0.4, -0.2) is 37.5 Å². The van der Waals surface area contributed by atoms with E-state index in [4.69, 9.17) is 9.47 Å². The minimum absolute atomic E-state index is 0.290. The van der Waals surface area contributed by atoms with Crippen molar-refractivity contribution in [1.82, 2.24) is 4.90 Å². The quantitative estimate of drug-likeness (QED) is 0.741. The van der Waals surface area contributed by atoms with Crippen LogP contribution in [0.5, 0.6) is 11.5 Å². The Balaban J connectivity index is 2.69. The van der Waals surface area contributed by atoms with Crippen LogP contribution in [0.15, 0.2) is 12.1 Å². The second-order valence-electron chi connectivity index (χ2n) is 3.57. The Kier molecular flexibility index (Phi) is 2.75. The summed E-state index contributed by atoms with van der Waals surface area (Å²) in [7, 11) is 2.93. The zero-order valence-corrected chi connectivity index (χ0v) is 9.94. The summed E-state index contributed by atoms with van der Waals surface area (Å²) in [6, 6.07) is 3.25. The van der Waals surface area contributed by atoms with Crippen molar-refractivity contribution in [2.24, 2.45) is 0 Å². The maximum Gasteiger partial charge on any atom is 0.265 e. The van der Waals surface area contributed by atoms with Crippen molar-refractivity contribution in [2.45, 2.75) is 6.92 Å². The van der Waals surface area contributed by atoms with Gasteiger partial charge in [-0.25, -0.2) is 0 Å². The van der Waals surface area contributed by atoms with Gasteiger partial charge in [0.15, 0.2) is 0 Å². The lowest BCUT2D eigenvalue weighted by Gasteiger charge is -2.09. The summed E-state index contributed by atoms with van der Waals surface area (Å²) in [5.74, 6) is 0.136. The second-order valence-corrected chi connectivity index (χ2v) is 3.57. The number of carbonyl (C=O) groups is 2. The third-order valence-electron chi connectivity index (χ3n) is 2.80. The normalized spacial score (nSPS) is 13.9. The van der Waals surface area contributed by atoms with Crippen molar-refractivity contribution in [3.05, 3.63) is 23.3 Å². The molecule has 0 saturated carbocycles. The van der Waals surface area contributed by atoms with Gasteiger partial charge in [-0.1, -0.05) is 0 Å². The predicted octanol–water partition coefficient (Wildman–Crippen LogP) is 1.32. The molecule has 90 valence electrons. The molecule has 0 aromatic heterocycles. The highest BCUT2D eigenvalue weighted by molar-refractivity contribution is 6.23. The number of hydrogen-bond donors (Lipinski definition) is 0. The van der Waals surface area contributed by atoms with Crippen LogP contribution in [0.25, 0.3) is 0 Å². The second kappa shape index (κ2) is 4.08. The minimum atomic E-state index is -0.330. The van der Waals surface area contributed by atoms with Crippen molar-refractivity contribution in [1.29, 1.82) is 0 Å². The average Bonchev–Trinajstić information content (AvgIpc) is 2.61. The fraction of sp³-hybridized carbons (Fsp3) is 0.333. The molecule has 1 aliphatic heterocycles. The number of methoxy groups -OCH3 is 2. The van der Waals surface area contributed by atoms with E-state index < -0.39 is 0 Å². The van der Waals surface area contributed by atoms with E-state index in [1.807, 2.05) is 0 Å². The molecule has 0 unspecified atom stereocenters. The molecule has 17 heavy (non-hydrogen) atoms. The molecule has 0 N–H and O–H groups in total. The van der Waals surface area contributed by atoms with Crippen LogP contribution in [0.3, 0.4) is 0 Å². The number of rotatable bonds is 3. The molecule has 0 fully saturated rings. The lowest BCUT2D eigenvalue weighted by Crippen LogP contribution is -2.29. The van der Waals surface area contributed by atoms with Gasteiger partial charge in [0.05, 0.1) is 25.3 Å². The Morgan fingerprint density at radius 3 is 1.71 bits per heavy atom. The highest BCUT2D eigenvalue weighted by Crippen LogP contribution is 2.36. The first kappa shape index (κ1) is 11.4. The van der Waals surface area contributed by atoms with Crippen molar-refractivity contribution < 1.29 is 19.1 Å². The first-order chi connectivity index (χ1) is 8.15. The van der Waals surface area contributed by atoms with E-state index in [2.05, 4.69) is 0 Å². The first-order valence-corrected chi connectivity index (χ1v) is 5.26. The summed E-state index contributed by atoms with van der Waals surface area (Å²) in [6.07, 6.45) is 0. The van der Waals surface area contributed by atoms with E-state index in [-0.39, 0.29) is 11.8 Å². The SMILES string of the molecule is CCN1C(=O)c2c(OC)ccc(OC)c2C1=O. The fourth-order valence-electron chi connectivity index (χ4n) is 1.98. The third kappa shape index (κ3) is 1.46. The van der Waals surface area contributed by atoms with Gasteiger partial charge < -0.3 is 9.47 Å². The molecule has 0 atom stereocenters. The number of ether oxygens (including phenoxy) is 2. The monoisotopic (exact) mass is 235 g/mol. The van der Waals surface area contributed by atoms with Crippen LogP contribution < -0.4 is 9.47 Å². The average molecular weight is 235 g/mol. The molecule has 1 aliphatic rings. The predicted molar refractivity (Wildman–Crippen MR) is 60.6 cm³/mol. The summed E-state index contributed by atoms with van der Waals surface area (Å²) >= 11 is 0. The lowest BCUT2D eigenvalue weighted by atomic mass is 10.1. The number of imide groups is 1. The molecule has 1 aromatic carbocycles. The van der Waals surface area contributed by atoms with E-state index in [0.29, 0.717) is 29.2 Å². The molecule has 2 rings (SSSR count). The summed E-state index contributed by atoms with van der Waals surface area (Å²) in [5.41, 5.74) is 0.581. The topological polar surface area (TPSA) is 55.8 Å². The van der Waals surface area contributed by atoms with E-state index in [1.165, 1.54) is 19.1 Å². The molecule has 5 nitrogen and oxygen atoms in total. The Bertz CT molecular complexity index is 453. The van der Waals surface area contributed by atoms with Gasteiger partial charge >= 0.3 is 0 Å². The highest BCUT2D eigenvalue weighted by Gasteiger charge is 2.39. The van der Waals surface area contributed by atoms with E-state index in [1.54, 1.807) is 19.1 Å². The Hall–Kier alpha value is -2.04. The Morgan fingerprint density at radius 2 is 1.41 bits per heavy atom. The van der Waals surface area contributed by atoms with Gasteiger partial charge in [0.2, 0.25) is 0 Å². The van der Waals surface area contributed by atoms with Gasteiger partial charge in [-0.15, -0.1) is 0 Å². The first-order valence-electron chi connectivity index (χ1n) is 5.26. The van der Waals surface area contributed by atoms with Crippen molar-refractivity contribution in [3.63, 3.8) is 0 Å². The molecule has 1 aromatic rings. The highest BCUT2D eigenvalue weighted by atomic mass is 16.5. The van der Waals surface area contributed by atoms with Gasteiger partial charge in [-0.3, -0.25) is 14.5 Å². The fourth-order valence-corrected chi connectivity index (χ4v) is 1.98. The number of hydrogen-bond acceptors (Lipinski definition) is 4. The maximum atomic E-state index is 12.1. The number of carbonyl (C=O) groups excluding carboxylic acids is 2. The molecule has 0 spiro atoms. The molecule has 5 heteroatoms. The molecular weight excluding hydrogens is 222 g/mol. The van der Waals surface area contributed by atoms with Crippen molar-refractivity contribution in [3.8, 4) is 11.5 Å². The van der Waals surface area contributed by atoms with Gasteiger partial charge in [0.25, 0.3) is 11.8 Å². The molecule has 2 amide bonds. The third-order valence-corrected chi connectivity index (χ3v) is 2.80. The van der Waals surface area contributed by atoms with Crippen LogP contribution >= 0.6 is 0 Å². The van der Waals surface area contributed by atoms with E-state index >= 15 is 0 Å². The number of fused-ring (bicyclic) bond motifs is 1. The van der Waals surface area contributed by atoms with Crippen LogP contribution in [0, 0.1) is 0 Å².